The Balaban J connectivity index is 2.38. The van der Waals surface area contributed by atoms with Crippen LogP contribution in [-0.4, -0.2) is 21.7 Å². The van der Waals surface area contributed by atoms with Crippen LogP contribution in [0.25, 0.3) is 0 Å². The lowest BCUT2D eigenvalue weighted by Crippen LogP contribution is -2.31. The summed E-state index contributed by atoms with van der Waals surface area (Å²) in [6.45, 7) is 0. The summed E-state index contributed by atoms with van der Waals surface area (Å²) in [6.07, 6.45) is 2.59. The zero-order chi connectivity index (χ0) is 13.0. The van der Waals surface area contributed by atoms with Crippen molar-refractivity contribution in [3.05, 3.63) is 53.9 Å². The highest BCUT2D eigenvalue weighted by Crippen LogP contribution is 2.28. The van der Waals surface area contributed by atoms with Gasteiger partial charge in [0.2, 0.25) is 0 Å². The minimum Gasteiger partial charge on any atom is -0.327 e. The van der Waals surface area contributed by atoms with E-state index in [2.05, 4.69) is 17.2 Å². The second kappa shape index (κ2) is 6.03. The molecular formula is C14H18ClN3. The molecular weight excluding hydrogens is 246 g/mol. The summed E-state index contributed by atoms with van der Waals surface area (Å²) in [5.74, 6) is 0.708. The van der Waals surface area contributed by atoms with Crippen molar-refractivity contribution < 1.29 is 0 Å². The van der Waals surface area contributed by atoms with Crippen molar-refractivity contribution in [2.75, 3.05) is 5.88 Å². The summed E-state index contributed by atoms with van der Waals surface area (Å²) in [6, 6.07) is 12.3. The molecule has 3 nitrogen and oxygen atoms in total. The van der Waals surface area contributed by atoms with Gasteiger partial charge in [0.1, 0.15) is 0 Å². The van der Waals surface area contributed by atoms with Gasteiger partial charge in [-0.25, -0.2) is 0 Å². The number of aryl methyl sites for hydroxylation is 1. The molecule has 1 heterocycles. The number of aromatic nitrogens is 2. The molecule has 0 spiro atoms. The number of nitrogens with two attached hydrogens (primary N) is 1. The molecule has 2 aromatic rings. The lowest BCUT2D eigenvalue weighted by molar-refractivity contribution is 0.541. The molecule has 0 radical (unpaired) electrons. The molecule has 96 valence electrons. The van der Waals surface area contributed by atoms with E-state index in [0.717, 1.165) is 12.1 Å². The average molecular weight is 264 g/mol. The van der Waals surface area contributed by atoms with Crippen LogP contribution in [0.5, 0.6) is 0 Å². The SMILES string of the molecule is Cn1nccc1C(c1ccccc1)C(N)CCCl. The van der Waals surface area contributed by atoms with Crippen molar-refractivity contribution in [2.24, 2.45) is 12.8 Å². The molecule has 0 amide bonds. The molecule has 0 fully saturated rings. The van der Waals surface area contributed by atoms with E-state index in [1.165, 1.54) is 5.56 Å². The van der Waals surface area contributed by atoms with Crippen molar-refractivity contribution in [1.82, 2.24) is 9.78 Å². The van der Waals surface area contributed by atoms with Crippen LogP contribution in [-0.2, 0) is 7.05 Å². The van der Waals surface area contributed by atoms with Gasteiger partial charge in [-0.15, -0.1) is 11.6 Å². The summed E-state index contributed by atoms with van der Waals surface area (Å²) in [5.41, 5.74) is 8.63. The lowest BCUT2D eigenvalue weighted by atomic mass is 9.87. The Labute approximate surface area is 113 Å². The van der Waals surface area contributed by atoms with Gasteiger partial charge in [-0.1, -0.05) is 30.3 Å². The molecule has 0 aliphatic carbocycles. The summed E-state index contributed by atoms with van der Waals surface area (Å²) in [5, 5.41) is 4.23. The molecule has 2 rings (SSSR count). The van der Waals surface area contributed by atoms with E-state index in [4.69, 9.17) is 17.3 Å². The number of hydrogen-bond donors (Lipinski definition) is 1. The first kappa shape index (κ1) is 13.1. The number of benzene rings is 1. The van der Waals surface area contributed by atoms with Crippen LogP contribution in [0.1, 0.15) is 23.6 Å². The summed E-state index contributed by atoms with van der Waals surface area (Å²) >= 11 is 5.83. The van der Waals surface area contributed by atoms with Gasteiger partial charge in [0.25, 0.3) is 0 Å². The maximum absolute atomic E-state index is 6.30. The molecule has 0 aliphatic heterocycles. The third-order valence-electron chi connectivity index (χ3n) is 3.21. The van der Waals surface area contributed by atoms with Crippen molar-refractivity contribution in [3.8, 4) is 0 Å². The fourth-order valence-electron chi connectivity index (χ4n) is 2.28. The molecule has 2 unspecified atom stereocenters. The molecule has 2 atom stereocenters. The van der Waals surface area contributed by atoms with Crippen molar-refractivity contribution in [1.29, 1.82) is 0 Å². The van der Waals surface area contributed by atoms with Gasteiger partial charge in [-0.2, -0.15) is 5.10 Å². The van der Waals surface area contributed by atoms with Crippen LogP contribution in [0, 0.1) is 0 Å². The van der Waals surface area contributed by atoms with E-state index in [1.807, 2.05) is 36.0 Å². The molecule has 4 heteroatoms. The molecule has 2 N–H and O–H groups in total. The zero-order valence-corrected chi connectivity index (χ0v) is 11.2. The predicted molar refractivity (Wildman–Crippen MR) is 74.8 cm³/mol. The smallest absolute Gasteiger partial charge is 0.0492 e. The molecule has 0 aliphatic rings. The Kier molecular flexibility index (Phi) is 4.39. The van der Waals surface area contributed by atoms with Gasteiger partial charge in [0, 0.05) is 36.8 Å². The topological polar surface area (TPSA) is 43.8 Å². The minimum absolute atomic E-state index is 0.000278. The third kappa shape index (κ3) is 2.74. The molecule has 0 saturated carbocycles. The van der Waals surface area contributed by atoms with Crippen LogP contribution in [0.15, 0.2) is 42.6 Å². The van der Waals surface area contributed by atoms with Gasteiger partial charge in [0.05, 0.1) is 0 Å². The summed E-state index contributed by atoms with van der Waals surface area (Å²) < 4.78 is 1.88. The van der Waals surface area contributed by atoms with Crippen LogP contribution in [0.2, 0.25) is 0 Å². The fraction of sp³-hybridized carbons (Fsp3) is 0.357. The van der Waals surface area contributed by atoms with E-state index in [0.29, 0.717) is 5.88 Å². The van der Waals surface area contributed by atoms with Gasteiger partial charge in [-0.3, -0.25) is 4.68 Å². The summed E-state index contributed by atoms with van der Waals surface area (Å²) in [7, 11) is 1.94. The first-order valence-electron chi connectivity index (χ1n) is 6.08. The number of alkyl halides is 1. The van der Waals surface area contributed by atoms with E-state index in [-0.39, 0.29) is 12.0 Å². The molecule has 1 aromatic carbocycles. The highest BCUT2D eigenvalue weighted by molar-refractivity contribution is 6.17. The third-order valence-corrected chi connectivity index (χ3v) is 3.42. The first-order chi connectivity index (χ1) is 8.74. The van der Waals surface area contributed by atoms with Crippen molar-refractivity contribution in [3.63, 3.8) is 0 Å². The number of hydrogen-bond acceptors (Lipinski definition) is 2. The molecule has 18 heavy (non-hydrogen) atoms. The van der Waals surface area contributed by atoms with Crippen molar-refractivity contribution >= 4 is 11.6 Å². The van der Waals surface area contributed by atoms with Crippen LogP contribution in [0.3, 0.4) is 0 Å². The fourth-order valence-corrected chi connectivity index (χ4v) is 2.53. The van der Waals surface area contributed by atoms with Gasteiger partial charge in [0.15, 0.2) is 0 Å². The van der Waals surface area contributed by atoms with Gasteiger partial charge in [-0.05, 0) is 18.1 Å². The Morgan fingerprint density at radius 2 is 2.00 bits per heavy atom. The van der Waals surface area contributed by atoms with E-state index in [9.17, 15) is 0 Å². The predicted octanol–water partition coefficient (Wildman–Crippen LogP) is 2.51. The average Bonchev–Trinajstić information content (AvgIpc) is 2.78. The van der Waals surface area contributed by atoms with Gasteiger partial charge >= 0.3 is 0 Å². The molecule has 0 saturated heterocycles. The number of nitrogens with zero attached hydrogens (tertiary/aromatic N) is 2. The van der Waals surface area contributed by atoms with E-state index in [1.54, 1.807) is 6.20 Å². The summed E-state index contributed by atoms with van der Waals surface area (Å²) in [4.78, 5) is 0. The Hall–Kier alpha value is -1.32. The van der Waals surface area contributed by atoms with Crippen LogP contribution < -0.4 is 5.73 Å². The van der Waals surface area contributed by atoms with Crippen LogP contribution >= 0.6 is 11.6 Å². The Bertz CT molecular complexity index is 481. The number of rotatable bonds is 5. The van der Waals surface area contributed by atoms with Crippen molar-refractivity contribution in [2.45, 2.75) is 18.4 Å². The molecule has 1 aromatic heterocycles. The van der Waals surface area contributed by atoms with E-state index < -0.39 is 0 Å². The minimum atomic E-state index is 0.000278. The largest absolute Gasteiger partial charge is 0.327 e. The maximum Gasteiger partial charge on any atom is 0.0492 e. The second-order valence-electron chi connectivity index (χ2n) is 4.41. The second-order valence-corrected chi connectivity index (χ2v) is 4.79. The normalized spacial score (nSPS) is 14.4. The van der Waals surface area contributed by atoms with Crippen LogP contribution in [0.4, 0.5) is 0 Å². The standard InChI is InChI=1S/C14H18ClN3/c1-18-13(8-10-17-18)14(12(16)7-9-15)11-5-3-2-4-6-11/h2-6,8,10,12,14H,7,9,16H2,1H3. The van der Waals surface area contributed by atoms with Gasteiger partial charge < -0.3 is 5.73 Å². The quantitative estimate of drug-likeness (QED) is 0.843. The lowest BCUT2D eigenvalue weighted by Gasteiger charge is -2.24. The highest BCUT2D eigenvalue weighted by Gasteiger charge is 2.23. The Morgan fingerprint density at radius 1 is 1.28 bits per heavy atom. The first-order valence-corrected chi connectivity index (χ1v) is 6.62. The zero-order valence-electron chi connectivity index (χ0n) is 10.5. The molecule has 0 bridgehead atoms. The van der Waals surface area contributed by atoms with E-state index >= 15 is 0 Å². The maximum atomic E-state index is 6.30. The monoisotopic (exact) mass is 263 g/mol. The highest BCUT2D eigenvalue weighted by atomic mass is 35.5. The Morgan fingerprint density at radius 3 is 2.56 bits per heavy atom. The number of halogens is 1.